The summed E-state index contributed by atoms with van der Waals surface area (Å²) >= 11 is 6.03. The molecule has 0 aromatic heterocycles. The first-order valence-electron chi connectivity index (χ1n) is 10.5. The van der Waals surface area contributed by atoms with Crippen LogP contribution in [0, 0.1) is 0 Å². The third kappa shape index (κ3) is 6.50. The molecule has 0 heterocycles. The van der Waals surface area contributed by atoms with E-state index in [0.29, 0.717) is 0 Å². The summed E-state index contributed by atoms with van der Waals surface area (Å²) in [6, 6.07) is 25.5. The molecule has 4 aromatic rings. The zero-order valence-corrected chi connectivity index (χ0v) is 19.4. The van der Waals surface area contributed by atoms with Gasteiger partial charge in [-0.1, -0.05) is 72.3 Å². The smallest absolute Gasteiger partial charge is 0.316 e. The molecular weight excluding hydrogens is 466 g/mol. The van der Waals surface area contributed by atoms with E-state index in [0.717, 1.165) is 70.5 Å². The van der Waals surface area contributed by atoms with Crippen molar-refractivity contribution in [1.29, 1.82) is 0 Å². The van der Waals surface area contributed by atoms with Crippen LogP contribution >= 0.6 is 24.0 Å². The second-order valence-electron chi connectivity index (χ2n) is 7.82. The Hall–Kier alpha value is -2.53. The molecule has 0 atom stereocenters. The van der Waals surface area contributed by atoms with Gasteiger partial charge in [-0.3, -0.25) is 0 Å². The van der Waals surface area contributed by atoms with Gasteiger partial charge in [-0.15, -0.1) is 12.4 Å². The first-order valence-corrected chi connectivity index (χ1v) is 10.9. The van der Waals surface area contributed by atoms with Crippen molar-refractivity contribution < 1.29 is 13.2 Å². The molecule has 0 fully saturated rings. The molecule has 33 heavy (non-hydrogen) atoms. The Bertz CT molecular complexity index is 1200. The summed E-state index contributed by atoms with van der Waals surface area (Å²) in [5.41, 5.74) is 3.44. The minimum Gasteiger partial charge on any atom is -0.316 e. The number of nitrogens with one attached hydrogen (secondary N) is 1. The second-order valence-corrected chi connectivity index (χ2v) is 8.26. The molecule has 0 saturated carbocycles. The van der Waals surface area contributed by atoms with Gasteiger partial charge in [0.1, 0.15) is 0 Å². The third-order valence-electron chi connectivity index (χ3n) is 5.51. The average Bonchev–Trinajstić information content (AvgIpc) is 2.78. The lowest BCUT2D eigenvalue weighted by atomic mass is 9.94. The number of hydrogen-bond donors (Lipinski definition) is 1. The summed E-state index contributed by atoms with van der Waals surface area (Å²) in [7, 11) is 0. The van der Waals surface area contributed by atoms with E-state index in [1.54, 1.807) is 12.1 Å². The first-order chi connectivity index (χ1) is 15.4. The molecule has 0 unspecified atom stereocenters. The van der Waals surface area contributed by atoms with Crippen LogP contribution in [0.1, 0.15) is 16.7 Å². The van der Waals surface area contributed by atoms with E-state index >= 15 is 0 Å². The van der Waals surface area contributed by atoms with E-state index in [1.807, 2.05) is 42.5 Å². The van der Waals surface area contributed by atoms with E-state index in [-0.39, 0.29) is 12.4 Å². The van der Waals surface area contributed by atoms with Crippen LogP contribution in [-0.2, 0) is 19.0 Å². The Balaban J connectivity index is 0.00000306. The quantitative estimate of drug-likeness (QED) is 0.259. The molecule has 0 saturated heterocycles. The van der Waals surface area contributed by atoms with Gasteiger partial charge in [0.2, 0.25) is 0 Å². The van der Waals surface area contributed by atoms with Crippen LogP contribution in [0.2, 0.25) is 5.02 Å². The van der Waals surface area contributed by atoms with Crippen LogP contribution < -0.4 is 5.32 Å². The predicted molar refractivity (Wildman–Crippen MR) is 133 cm³/mol. The summed E-state index contributed by atoms with van der Waals surface area (Å²) < 4.78 is 38.9. The van der Waals surface area contributed by atoms with Gasteiger partial charge in [0.15, 0.2) is 0 Å². The molecule has 1 nitrogen and oxygen atoms in total. The Morgan fingerprint density at radius 2 is 1.42 bits per heavy atom. The topological polar surface area (TPSA) is 12.0 Å². The third-order valence-corrected chi connectivity index (χ3v) is 5.75. The molecule has 172 valence electrons. The van der Waals surface area contributed by atoms with Gasteiger partial charge < -0.3 is 5.32 Å². The van der Waals surface area contributed by atoms with Crippen molar-refractivity contribution in [2.75, 3.05) is 13.1 Å². The predicted octanol–water partition coefficient (Wildman–Crippen LogP) is 7.98. The van der Waals surface area contributed by atoms with Gasteiger partial charge in [-0.25, -0.2) is 0 Å². The van der Waals surface area contributed by atoms with Crippen LogP contribution in [0.15, 0.2) is 84.9 Å². The van der Waals surface area contributed by atoms with Crippen molar-refractivity contribution >= 4 is 34.8 Å². The van der Waals surface area contributed by atoms with Gasteiger partial charge in [0, 0.05) is 5.02 Å². The first kappa shape index (κ1) is 25.1. The minimum atomic E-state index is -4.33. The van der Waals surface area contributed by atoms with Crippen LogP contribution in [0.25, 0.3) is 21.9 Å². The lowest BCUT2D eigenvalue weighted by molar-refractivity contribution is -0.137. The number of rotatable bonds is 7. The summed E-state index contributed by atoms with van der Waals surface area (Å²) in [4.78, 5) is 0. The maximum Gasteiger partial charge on any atom is 0.416 e. The van der Waals surface area contributed by atoms with Crippen LogP contribution in [0.5, 0.6) is 0 Å². The highest BCUT2D eigenvalue weighted by atomic mass is 35.5. The van der Waals surface area contributed by atoms with Crippen LogP contribution in [-0.4, -0.2) is 13.1 Å². The number of fused-ring (bicyclic) bond motifs is 1. The molecule has 1 N–H and O–H groups in total. The average molecular weight is 490 g/mol. The van der Waals surface area contributed by atoms with E-state index in [1.165, 1.54) is 5.56 Å². The largest absolute Gasteiger partial charge is 0.416 e. The Labute approximate surface area is 203 Å². The standard InChI is InChI=1S/C27H23ClF3N.ClH/c28-24-6-3-4-19(17-24)12-14-32-15-13-20-16-22-5-1-2-7-25(22)26(18-20)21-8-10-23(11-9-21)27(29,30)31;/h1-11,16-18,32H,12-15H2;1H. The van der Waals surface area contributed by atoms with E-state index in [9.17, 15) is 13.2 Å². The molecule has 0 aliphatic rings. The monoisotopic (exact) mass is 489 g/mol. The second kappa shape index (κ2) is 11.1. The maximum absolute atomic E-state index is 13.0. The number of hydrogen-bond acceptors (Lipinski definition) is 1. The molecule has 0 aliphatic heterocycles. The zero-order chi connectivity index (χ0) is 22.6. The van der Waals surface area contributed by atoms with Gasteiger partial charge >= 0.3 is 6.18 Å². The Kier molecular flexibility index (Phi) is 8.41. The molecule has 0 radical (unpaired) electrons. The fourth-order valence-electron chi connectivity index (χ4n) is 3.88. The molecule has 0 bridgehead atoms. The zero-order valence-electron chi connectivity index (χ0n) is 17.8. The summed E-state index contributed by atoms with van der Waals surface area (Å²) in [5.74, 6) is 0. The fourth-order valence-corrected chi connectivity index (χ4v) is 4.09. The van der Waals surface area contributed by atoms with Crippen molar-refractivity contribution in [1.82, 2.24) is 5.32 Å². The van der Waals surface area contributed by atoms with Crippen molar-refractivity contribution in [3.8, 4) is 11.1 Å². The summed E-state index contributed by atoms with van der Waals surface area (Å²) in [5, 5.41) is 6.32. The van der Waals surface area contributed by atoms with Crippen molar-refractivity contribution in [2.24, 2.45) is 0 Å². The maximum atomic E-state index is 13.0. The van der Waals surface area contributed by atoms with E-state index < -0.39 is 11.7 Å². The molecule has 6 heteroatoms. The number of benzene rings is 4. The molecular formula is C27H24Cl2F3N. The lowest BCUT2D eigenvalue weighted by Gasteiger charge is -2.13. The Morgan fingerprint density at radius 1 is 0.727 bits per heavy atom. The van der Waals surface area contributed by atoms with Crippen LogP contribution in [0.4, 0.5) is 13.2 Å². The summed E-state index contributed by atoms with van der Waals surface area (Å²) in [6.45, 7) is 1.66. The molecule has 0 aliphatic carbocycles. The normalized spacial score (nSPS) is 11.4. The van der Waals surface area contributed by atoms with Gasteiger partial charge in [0.25, 0.3) is 0 Å². The minimum absolute atomic E-state index is 0. The van der Waals surface area contributed by atoms with Crippen molar-refractivity contribution in [2.45, 2.75) is 19.0 Å². The molecule has 4 rings (SSSR count). The van der Waals surface area contributed by atoms with Gasteiger partial charge in [-0.2, -0.15) is 13.2 Å². The van der Waals surface area contributed by atoms with E-state index in [2.05, 4.69) is 23.5 Å². The fraction of sp³-hybridized carbons (Fsp3) is 0.185. The van der Waals surface area contributed by atoms with Crippen molar-refractivity contribution in [3.63, 3.8) is 0 Å². The highest BCUT2D eigenvalue weighted by Gasteiger charge is 2.30. The van der Waals surface area contributed by atoms with E-state index in [4.69, 9.17) is 11.6 Å². The van der Waals surface area contributed by atoms with Crippen molar-refractivity contribution in [3.05, 3.63) is 107 Å². The Morgan fingerprint density at radius 3 is 2.12 bits per heavy atom. The molecule has 0 spiro atoms. The SMILES string of the molecule is Cl.FC(F)(F)c1ccc(-c2cc(CCNCCc3cccc(Cl)c3)cc3ccccc23)cc1. The van der Waals surface area contributed by atoms with Gasteiger partial charge in [0.05, 0.1) is 5.56 Å². The van der Waals surface area contributed by atoms with Crippen LogP contribution in [0.3, 0.4) is 0 Å². The molecule has 4 aromatic carbocycles. The van der Waals surface area contributed by atoms with Gasteiger partial charge in [-0.05, 0) is 83.2 Å². The number of alkyl halides is 3. The highest BCUT2D eigenvalue weighted by Crippen LogP contribution is 2.34. The lowest BCUT2D eigenvalue weighted by Crippen LogP contribution is -2.20. The number of halogens is 5. The highest BCUT2D eigenvalue weighted by molar-refractivity contribution is 6.30. The molecule has 0 amide bonds. The summed E-state index contributed by atoms with van der Waals surface area (Å²) in [6.07, 6.45) is -2.61.